The molecule has 0 saturated heterocycles. The largest absolute Gasteiger partial charge is 0.495 e. The van der Waals surface area contributed by atoms with Crippen LogP contribution in [0.25, 0.3) is 0 Å². The molecule has 3 N–H and O–H groups in total. The molecule has 2 aromatic carbocycles. The van der Waals surface area contributed by atoms with Gasteiger partial charge in [0.2, 0.25) is 0 Å². The molecule has 2 aromatic rings. The highest BCUT2D eigenvalue weighted by atomic mass is 35.5. The van der Waals surface area contributed by atoms with Gasteiger partial charge in [-0.2, -0.15) is 0 Å². The number of thiocarbonyl (C=S) groups is 1. The van der Waals surface area contributed by atoms with E-state index in [0.717, 1.165) is 0 Å². The molecule has 2 rings (SSSR count). The maximum atomic E-state index is 12.1. The number of halogens is 1. The Morgan fingerprint density at radius 1 is 1.17 bits per heavy atom. The molecule has 0 aromatic heterocycles. The molecule has 0 aliphatic carbocycles. The maximum Gasteiger partial charge on any atom is 0.335 e. The van der Waals surface area contributed by atoms with Gasteiger partial charge in [0.25, 0.3) is 5.91 Å². The first kappa shape index (κ1) is 17.7. The molecule has 0 spiro atoms. The van der Waals surface area contributed by atoms with Gasteiger partial charge in [-0.15, -0.1) is 0 Å². The zero-order chi connectivity index (χ0) is 17.7. The molecule has 0 unspecified atom stereocenters. The van der Waals surface area contributed by atoms with Crippen LogP contribution in [-0.4, -0.2) is 29.2 Å². The SMILES string of the molecule is COc1ccc(C(=O)NC(=S)Nc2cccc(C(=O)O)c2)cc1Cl. The average molecular weight is 365 g/mol. The zero-order valence-corrected chi connectivity index (χ0v) is 14.1. The highest BCUT2D eigenvalue weighted by molar-refractivity contribution is 7.80. The number of anilines is 1. The van der Waals surface area contributed by atoms with E-state index >= 15 is 0 Å². The lowest BCUT2D eigenvalue weighted by molar-refractivity contribution is 0.0696. The summed E-state index contributed by atoms with van der Waals surface area (Å²) in [5, 5.41) is 14.5. The summed E-state index contributed by atoms with van der Waals surface area (Å²) in [7, 11) is 1.48. The summed E-state index contributed by atoms with van der Waals surface area (Å²) in [4.78, 5) is 23.1. The molecule has 24 heavy (non-hydrogen) atoms. The van der Waals surface area contributed by atoms with Gasteiger partial charge >= 0.3 is 5.97 Å². The molecule has 0 fully saturated rings. The fourth-order valence-electron chi connectivity index (χ4n) is 1.88. The van der Waals surface area contributed by atoms with Gasteiger partial charge in [-0.1, -0.05) is 17.7 Å². The van der Waals surface area contributed by atoms with Crippen molar-refractivity contribution in [2.45, 2.75) is 0 Å². The number of carbonyl (C=O) groups excluding carboxylic acids is 1. The Morgan fingerprint density at radius 3 is 2.54 bits per heavy atom. The molecule has 0 atom stereocenters. The van der Waals surface area contributed by atoms with Crippen molar-refractivity contribution in [2.75, 3.05) is 12.4 Å². The molecule has 0 radical (unpaired) electrons. The summed E-state index contributed by atoms with van der Waals surface area (Å²) in [6.07, 6.45) is 0. The van der Waals surface area contributed by atoms with E-state index in [1.807, 2.05) is 0 Å². The van der Waals surface area contributed by atoms with Crippen molar-refractivity contribution >= 4 is 46.5 Å². The number of carboxylic acid groups (broad SMARTS) is 1. The number of carboxylic acids is 1. The van der Waals surface area contributed by atoms with E-state index in [1.54, 1.807) is 24.3 Å². The van der Waals surface area contributed by atoms with Gasteiger partial charge in [0.15, 0.2) is 5.11 Å². The Kier molecular flexibility index (Phi) is 5.73. The van der Waals surface area contributed by atoms with E-state index in [4.69, 9.17) is 33.7 Å². The van der Waals surface area contributed by atoms with Crippen molar-refractivity contribution in [2.24, 2.45) is 0 Å². The Bertz CT molecular complexity index is 810. The van der Waals surface area contributed by atoms with Crippen LogP contribution in [0, 0.1) is 0 Å². The van der Waals surface area contributed by atoms with Crippen LogP contribution in [-0.2, 0) is 0 Å². The van der Waals surface area contributed by atoms with Crippen molar-refractivity contribution in [3.8, 4) is 5.75 Å². The molecule has 8 heteroatoms. The number of benzene rings is 2. The van der Waals surface area contributed by atoms with Gasteiger partial charge in [0, 0.05) is 11.3 Å². The predicted octanol–water partition coefficient (Wildman–Crippen LogP) is 3.17. The Morgan fingerprint density at radius 2 is 1.92 bits per heavy atom. The molecule has 0 heterocycles. The summed E-state index contributed by atoms with van der Waals surface area (Å²) in [6.45, 7) is 0. The molecule has 6 nitrogen and oxygen atoms in total. The van der Waals surface area contributed by atoms with Gasteiger partial charge in [-0.3, -0.25) is 10.1 Å². The third-order valence-electron chi connectivity index (χ3n) is 3.01. The number of hydrogen-bond acceptors (Lipinski definition) is 4. The van der Waals surface area contributed by atoms with E-state index in [-0.39, 0.29) is 10.7 Å². The van der Waals surface area contributed by atoms with Crippen LogP contribution in [0.1, 0.15) is 20.7 Å². The lowest BCUT2D eigenvalue weighted by Gasteiger charge is -2.11. The number of amides is 1. The van der Waals surface area contributed by atoms with E-state index in [2.05, 4.69) is 10.6 Å². The van der Waals surface area contributed by atoms with Crippen molar-refractivity contribution in [3.63, 3.8) is 0 Å². The van der Waals surface area contributed by atoms with Crippen LogP contribution in [0.3, 0.4) is 0 Å². The number of rotatable bonds is 4. The van der Waals surface area contributed by atoms with Crippen LogP contribution in [0.2, 0.25) is 5.02 Å². The predicted molar refractivity (Wildman–Crippen MR) is 95.1 cm³/mol. The third-order valence-corrected chi connectivity index (χ3v) is 3.51. The Hall–Kier alpha value is -2.64. The lowest BCUT2D eigenvalue weighted by Crippen LogP contribution is -2.34. The van der Waals surface area contributed by atoms with Gasteiger partial charge in [0.1, 0.15) is 5.75 Å². The zero-order valence-electron chi connectivity index (χ0n) is 12.5. The highest BCUT2D eigenvalue weighted by Crippen LogP contribution is 2.24. The van der Waals surface area contributed by atoms with Crippen molar-refractivity contribution in [3.05, 3.63) is 58.6 Å². The second kappa shape index (κ2) is 7.76. The van der Waals surface area contributed by atoms with E-state index < -0.39 is 11.9 Å². The minimum atomic E-state index is -1.05. The first-order valence-electron chi connectivity index (χ1n) is 6.70. The van der Waals surface area contributed by atoms with Crippen LogP contribution in [0.4, 0.5) is 5.69 Å². The molecule has 1 amide bonds. The molecule has 0 aliphatic rings. The van der Waals surface area contributed by atoms with Crippen LogP contribution in [0.15, 0.2) is 42.5 Å². The van der Waals surface area contributed by atoms with Crippen LogP contribution < -0.4 is 15.4 Å². The normalized spacial score (nSPS) is 9.92. The molecule has 0 saturated carbocycles. The Balaban J connectivity index is 2.04. The maximum absolute atomic E-state index is 12.1. The number of methoxy groups -OCH3 is 1. The third kappa shape index (κ3) is 4.43. The summed E-state index contributed by atoms with van der Waals surface area (Å²) < 4.78 is 5.02. The van der Waals surface area contributed by atoms with Crippen LogP contribution >= 0.6 is 23.8 Å². The summed E-state index contributed by atoms with van der Waals surface area (Å²) >= 11 is 11.0. The average Bonchev–Trinajstić information content (AvgIpc) is 2.54. The summed E-state index contributed by atoms with van der Waals surface area (Å²) in [5.74, 6) is -1.05. The fourth-order valence-corrected chi connectivity index (χ4v) is 2.34. The van der Waals surface area contributed by atoms with Gasteiger partial charge < -0.3 is 15.2 Å². The first-order chi connectivity index (χ1) is 11.4. The summed E-state index contributed by atoms with van der Waals surface area (Å²) in [5.41, 5.74) is 0.869. The van der Waals surface area contributed by atoms with Gasteiger partial charge in [0.05, 0.1) is 17.7 Å². The number of aromatic carboxylic acids is 1. The van der Waals surface area contributed by atoms with Gasteiger partial charge in [-0.25, -0.2) is 4.79 Å². The lowest BCUT2D eigenvalue weighted by atomic mass is 10.2. The van der Waals surface area contributed by atoms with E-state index in [9.17, 15) is 9.59 Å². The van der Waals surface area contributed by atoms with Crippen molar-refractivity contribution in [1.82, 2.24) is 5.32 Å². The molecule has 0 aliphatic heterocycles. The van der Waals surface area contributed by atoms with Crippen LogP contribution in [0.5, 0.6) is 5.75 Å². The molecular formula is C16H13ClN2O4S. The number of carbonyl (C=O) groups is 2. The van der Waals surface area contributed by atoms with Crippen molar-refractivity contribution < 1.29 is 19.4 Å². The fraction of sp³-hybridized carbons (Fsp3) is 0.0625. The quantitative estimate of drug-likeness (QED) is 0.722. The number of nitrogens with one attached hydrogen (secondary N) is 2. The Labute approximate surface area is 148 Å². The number of ether oxygens (including phenoxy) is 1. The minimum Gasteiger partial charge on any atom is -0.495 e. The van der Waals surface area contributed by atoms with Gasteiger partial charge in [-0.05, 0) is 48.6 Å². The first-order valence-corrected chi connectivity index (χ1v) is 7.48. The standard InChI is InChI=1S/C16H13ClN2O4S/c1-23-13-6-5-9(8-12(13)17)14(20)19-16(24)18-11-4-2-3-10(7-11)15(21)22/h2-8H,1H3,(H,21,22)(H2,18,19,20,24). The second-order valence-corrected chi connectivity index (χ2v) is 5.46. The second-order valence-electron chi connectivity index (χ2n) is 4.64. The molecular weight excluding hydrogens is 352 g/mol. The molecule has 124 valence electrons. The molecule has 0 bridgehead atoms. The van der Waals surface area contributed by atoms with E-state index in [1.165, 1.54) is 25.3 Å². The minimum absolute atomic E-state index is 0.0366. The van der Waals surface area contributed by atoms with Crippen molar-refractivity contribution in [1.29, 1.82) is 0 Å². The number of hydrogen-bond donors (Lipinski definition) is 3. The summed E-state index contributed by atoms with van der Waals surface area (Å²) in [6, 6.07) is 10.6. The topological polar surface area (TPSA) is 87.7 Å². The smallest absolute Gasteiger partial charge is 0.335 e. The van der Waals surface area contributed by atoms with E-state index in [0.29, 0.717) is 22.0 Å². The highest BCUT2D eigenvalue weighted by Gasteiger charge is 2.11. The monoisotopic (exact) mass is 364 g/mol.